The van der Waals surface area contributed by atoms with Crippen LogP contribution in [0.15, 0.2) is 0 Å². The summed E-state index contributed by atoms with van der Waals surface area (Å²) in [6, 6.07) is 0. The molecule has 0 bridgehead atoms. The van der Waals surface area contributed by atoms with E-state index in [0.717, 1.165) is 0 Å². The quantitative estimate of drug-likeness (QED) is 0.316. The van der Waals surface area contributed by atoms with Gasteiger partial charge in [0.1, 0.15) is 0 Å². The second-order valence-electron chi connectivity index (χ2n) is 0.491. The van der Waals surface area contributed by atoms with Crippen molar-refractivity contribution in [3.8, 4) is 0 Å². The first-order chi connectivity index (χ1) is 2.00. The number of hydrogen-bond donors (Lipinski definition) is 2. The first kappa shape index (κ1) is 87.8. The van der Waals surface area contributed by atoms with Gasteiger partial charge in [0.2, 0.25) is 0 Å². The molecule has 0 aliphatic heterocycles. The predicted molar refractivity (Wildman–Crippen MR) is 37.3 cm³/mol. The molecule has 13 heavy (non-hydrogen) atoms. The summed E-state index contributed by atoms with van der Waals surface area (Å²) in [7, 11) is -4.89. The summed E-state index contributed by atoms with van der Waals surface area (Å²) in [4.78, 5) is 22.9. The van der Waals surface area contributed by atoms with E-state index < -0.39 is 7.82 Å². The van der Waals surface area contributed by atoms with Gasteiger partial charge in [-0.15, -0.1) is 0 Å². The summed E-state index contributed by atoms with van der Waals surface area (Å²) in [5.74, 6) is 0. The fraction of sp³-hybridized carbons (Fsp3) is 0. The summed E-state index contributed by atoms with van der Waals surface area (Å²) in [6.07, 6.45) is 0. The van der Waals surface area contributed by atoms with Gasteiger partial charge >= 0.3 is 51.4 Å². The molecule has 0 aromatic heterocycles. The van der Waals surface area contributed by atoms with Crippen LogP contribution in [0.2, 0.25) is 0 Å². The van der Waals surface area contributed by atoms with Gasteiger partial charge in [-0.3, -0.25) is 4.57 Å². The largest absolute Gasteiger partial charge is 1.00 e. The smallest absolute Gasteiger partial charge is 0.756 e. The van der Waals surface area contributed by atoms with Crippen molar-refractivity contribution in [3.63, 3.8) is 0 Å². The van der Waals surface area contributed by atoms with Crippen molar-refractivity contribution >= 4 is 7.82 Å². The minimum atomic E-state index is -4.89. The van der Waals surface area contributed by atoms with Gasteiger partial charge in [-0.05, 0) is 0 Å². The molecule has 13 heteroatoms. The van der Waals surface area contributed by atoms with E-state index in [0.29, 0.717) is 0 Å². The van der Waals surface area contributed by atoms with E-state index in [2.05, 4.69) is 0 Å². The van der Waals surface area contributed by atoms with Crippen molar-refractivity contribution in [1.82, 2.24) is 0 Å². The van der Waals surface area contributed by atoms with E-state index in [4.69, 9.17) is 19.2 Å². The van der Waals surface area contributed by atoms with E-state index in [-0.39, 0.29) is 89.7 Å². The topological polar surface area (TPSA) is 301 Å². The Hall–Kier alpha value is 1.47. The molecule has 11 nitrogen and oxygen atoms in total. The van der Waals surface area contributed by atoms with Crippen LogP contribution in [0.25, 0.3) is 0 Å². The van der Waals surface area contributed by atoms with Gasteiger partial charge in [-0.2, -0.15) is 0 Å². The molecular weight excluding hydrogens is 246 g/mol. The molecule has 0 aliphatic rings. The molecule has 0 heterocycles. The number of phosphoric acid groups is 1. The Morgan fingerprint density at radius 2 is 0.769 bits per heavy atom. The maximum absolute atomic E-state index is 8.77. The molecule has 0 saturated carbocycles. The normalized spacial score (nSPS) is 4.54. The molecule has 0 aromatic rings. The maximum atomic E-state index is 8.77. The van der Waals surface area contributed by atoms with Crippen molar-refractivity contribution in [1.29, 1.82) is 0 Å². The van der Waals surface area contributed by atoms with E-state index in [1.807, 2.05) is 0 Å². The van der Waals surface area contributed by atoms with E-state index >= 15 is 0 Å². The zero-order valence-electron chi connectivity index (χ0n) is 6.66. The molecule has 88 valence electrons. The van der Waals surface area contributed by atoms with Crippen LogP contribution in [0.3, 0.4) is 0 Å². The molecule has 0 saturated heterocycles. The Kier molecular flexibility index (Phi) is 254. The minimum absolute atomic E-state index is 0. The van der Waals surface area contributed by atoms with Crippen molar-refractivity contribution < 1.29 is 109 Å². The Bertz CT molecular complexity index is 56.2. The second kappa shape index (κ2) is 37.5. The van der Waals surface area contributed by atoms with Gasteiger partial charge in [0, 0.05) is 0 Å². The van der Waals surface area contributed by atoms with Gasteiger partial charge in [-0.1, -0.05) is 0 Å². The molecule has 16 N–H and O–H groups in total. The van der Waals surface area contributed by atoms with Crippen molar-refractivity contribution in [2.45, 2.75) is 0 Å². The van der Waals surface area contributed by atoms with Crippen LogP contribution in [0.4, 0.5) is 0 Å². The monoisotopic (exact) mass is 262 g/mol. The molecule has 0 rings (SSSR count). The van der Waals surface area contributed by atoms with Crippen LogP contribution in [0.5, 0.6) is 0 Å². The molecule has 0 amide bonds. The van der Waals surface area contributed by atoms with Crippen LogP contribution in [-0.2, 0) is 4.57 Å². The van der Waals surface area contributed by atoms with E-state index in [1.165, 1.54) is 0 Å². The molecule has 0 spiro atoms. The van der Waals surface area contributed by atoms with E-state index in [1.54, 1.807) is 0 Å². The van der Waals surface area contributed by atoms with Gasteiger partial charge in [0.05, 0.1) is 0 Å². The summed E-state index contributed by atoms with van der Waals surface area (Å²) in [5.41, 5.74) is 0. The SMILES string of the molecule is O.O.O.O.O.O.O.O=P([O-])(O)O.[K+]. The van der Waals surface area contributed by atoms with Crippen molar-refractivity contribution in [2.24, 2.45) is 0 Å². The molecule has 0 atom stereocenters. The second-order valence-corrected chi connectivity index (χ2v) is 1.47. The average molecular weight is 262 g/mol. The molecule has 0 fully saturated rings. The minimum Gasteiger partial charge on any atom is -0.756 e. The molecule has 0 unspecified atom stereocenters. The third-order valence-corrected chi connectivity index (χ3v) is 0. The van der Waals surface area contributed by atoms with Gasteiger partial charge in [0.25, 0.3) is 7.82 Å². The van der Waals surface area contributed by atoms with Gasteiger partial charge < -0.3 is 53.0 Å². The average Bonchev–Trinajstić information content (AvgIpc) is 0.722. The van der Waals surface area contributed by atoms with Crippen LogP contribution in [0, 0.1) is 0 Å². The zero-order valence-corrected chi connectivity index (χ0v) is 10.7. The summed E-state index contributed by atoms with van der Waals surface area (Å²) >= 11 is 0. The first-order valence-corrected chi connectivity index (χ1v) is 2.30. The fourth-order valence-corrected chi connectivity index (χ4v) is 0. The van der Waals surface area contributed by atoms with Crippen LogP contribution in [0.1, 0.15) is 0 Å². The Morgan fingerprint density at radius 3 is 0.769 bits per heavy atom. The fourth-order valence-electron chi connectivity index (χ4n) is 0. The van der Waals surface area contributed by atoms with Crippen LogP contribution < -0.4 is 56.3 Å². The zero-order chi connectivity index (χ0) is 4.50. The Labute approximate surface area is 116 Å². The van der Waals surface area contributed by atoms with Gasteiger partial charge in [0.15, 0.2) is 0 Å². The number of rotatable bonds is 0. The van der Waals surface area contributed by atoms with Crippen molar-refractivity contribution in [3.05, 3.63) is 0 Å². The molecule has 0 radical (unpaired) electrons. The maximum Gasteiger partial charge on any atom is 1.00 e. The standard InChI is InChI=1S/K.H3O4P.7H2O/c;1-5(2,3)4;;;;;;;/h;(H3,1,2,3,4);7*1H2/q+1;;;;;;;;/p-1. The van der Waals surface area contributed by atoms with Crippen molar-refractivity contribution in [2.75, 3.05) is 0 Å². The van der Waals surface area contributed by atoms with Crippen LogP contribution in [-0.4, -0.2) is 48.1 Å². The molecule has 0 aromatic carbocycles. The summed E-state index contributed by atoms with van der Waals surface area (Å²) < 4.78 is 8.77. The first-order valence-electron chi connectivity index (χ1n) is 0.765. The third kappa shape index (κ3) is 823. The summed E-state index contributed by atoms with van der Waals surface area (Å²) in [5, 5.41) is 0. The summed E-state index contributed by atoms with van der Waals surface area (Å²) in [6.45, 7) is 0. The molecular formula is H16KO11P. The molecule has 0 aliphatic carbocycles. The van der Waals surface area contributed by atoms with Gasteiger partial charge in [-0.25, -0.2) is 0 Å². The Balaban J connectivity index is -0.00000000286. The third-order valence-electron chi connectivity index (χ3n) is 0. The van der Waals surface area contributed by atoms with E-state index in [9.17, 15) is 0 Å². The number of hydrogen-bond acceptors (Lipinski definition) is 2. The van der Waals surface area contributed by atoms with Crippen LogP contribution >= 0.6 is 7.82 Å². The Morgan fingerprint density at radius 1 is 0.769 bits per heavy atom. The predicted octanol–water partition coefficient (Wildman–Crippen LogP) is -10.3.